The molecule has 8 nitrogen and oxygen atoms in total. The van der Waals surface area contributed by atoms with Gasteiger partial charge in [0.2, 0.25) is 0 Å². The first-order valence-electron chi connectivity index (χ1n) is 9.69. The fourth-order valence-corrected chi connectivity index (χ4v) is 3.58. The summed E-state index contributed by atoms with van der Waals surface area (Å²) in [7, 11) is 0. The predicted octanol–water partition coefficient (Wildman–Crippen LogP) is 2.11. The fraction of sp³-hybridized carbons (Fsp3) is 0.182. The van der Waals surface area contributed by atoms with Crippen molar-refractivity contribution in [3.63, 3.8) is 0 Å². The lowest BCUT2D eigenvalue weighted by Gasteiger charge is -2.18. The molecule has 3 aromatic rings. The van der Waals surface area contributed by atoms with Gasteiger partial charge in [0.1, 0.15) is 5.75 Å². The van der Waals surface area contributed by atoms with E-state index in [0.717, 1.165) is 25.9 Å². The second kappa shape index (κ2) is 7.92. The van der Waals surface area contributed by atoms with E-state index in [2.05, 4.69) is 4.98 Å². The first-order valence-corrected chi connectivity index (χ1v) is 9.69. The largest absolute Gasteiger partial charge is 0.508 e. The maximum absolute atomic E-state index is 12.5. The number of hydrogen-bond acceptors (Lipinski definition) is 6. The van der Waals surface area contributed by atoms with E-state index in [9.17, 15) is 14.7 Å². The molecule has 0 atom stereocenters. The predicted molar refractivity (Wildman–Crippen MR) is 117 cm³/mol. The molecule has 2 aromatic carbocycles. The fourth-order valence-electron chi connectivity index (χ4n) is 3.58. The number of hydrogen-bond donors (Lipinski definition) is 4. The highest BCUT2D eigenvalue weighted by molar-refractivity contribution is 5.94. The summed E-state index contributed by atoms with van der Waals surface area (Å²) < 4.78 is 0. The molecule has 0 saturated carbocycles. The second-order valence-corrected chi connectivity index (χ2v) is 7.32. The van der Waals surface area contributed by atoms with Crippen LogP contribution in [0.15, 0.2) is 59.5 Å². The van der Waals surface area contributed by atoms with Gasteiger partial charge in [-0.15, -0.1) is 0 Å². The number of nitrogens with zero attached hydrogens (tertiary/aromatic N) is 2. The number of phenolic OH excluding ortho intramolecular Hbond substituents is 1. The number of nitrogens with one attached hydrogen (secondary N) is 1. The molecule has 0 unspecified atom stereocenters. The van der Waals surface area contributed by atoms with Crippen molar-refractivity contribution in [3.8, 4) is 5.75 Å². The quantitative estimate of drug-likeness (QED) is 0.389. The van der Waals surface area contributed by atoms with E-state index >= 15 is 0 Å². The van der Waals surface area contributed by atoms with Gasteiger partial charge < -0.3 is 20.7 Å². The van der Waals surface area contributed by atoms with Crippen molar-refractivity contribution in [1.29, 1.82) is 0 Å². The van der Waals surface area contributed by atoms with E-state index in [1.165, 1.54) is 17.3 Å². The van der Waals surface area contributed by atoms with Crippen LogP contribution in [-0.2, 0) is 0 Å². The van der Waals surface area contributed by atoms with Gasteiger partial charge in [-0.25, -0.2) is 5.84 Å². The van der Waals surface area contributed by atoms with Crippen LogP contribution in [0.25, 0.3) is 16.6 Å². The van der Waals surface area contributed by atoms with Gasteiger partial charge in [-0.1, -0.05) is 0 Å². The van der Waals surface area contributed by atoms with Crippen LogP contribution >= 0.6 is 0 Å². The van der Waals surface area contributed by atoms with E-state index in [1.54, 1.807) is 42.5 Å². The number of rotatable bonds is 4. The summed E-state index contributed by atoms with van der Waals surface area (Å²) in [5.41, 5.74) is 7.99. The number of fused-ring (bicyclic) bond motifs is 1. The number of hydrazine groups is 1. The van der Waals surface area contributed by atoms with Crippen molar-refractivity contribution >= 4 is 28.2 Å². The number of nitrogens with two attached hydrogens (primary N) is 2. The zero-order valence-corrected chi connectivity index (χ0v) is 16.3. The Morgan fingerprint density at radius 2 is 1.80 bits per heavy atom. The minimum atomic E-state index is -0.359. The third kappa shape index (κ3) is 3.85. The first kappa shape index (κ1) is 19.5. The van der Waals surface area contributed by atoms with E-state index in [-0.39, 0.29) is 28.5 Å². The number of carbonyl (C=O) groups excluding carboxylic acids is 1. The number of aromatic hydroxyl groups is 1. The Hall–Kier alpha value is -3.78. The number of H-pyrrole nitrogens is 1. The average molecular weight is 405 g/mol. The molecule has 1 amide bonds. The molecular weight excluding hydrogens is 382 g/mol. The smallest absolute Gasteiger partial charge is 0.257 e. The molecular formula is C22H23N5O3. The van der Waals surface area contributed by atoms with E-state index < -0.39 is 0 Å². The Kier molecular flexibility index (Phi) is 5.16. The lowest BCUT2D eigenvalue weighted by molar-refractivity contribution is 0.0793. The number of phenols is 1. The highest BCUT2D eigenvalue weighted by atomic mass is 16.3. The maximum Gasteiger partial charge on any atom is 0.257 e. The van der Waals surface area contributed by atoms with Crippen LogP contribution in [0.5, 0.6) is 5.75 Å². The minimum absolute atomic E-state index is 0.0172. The van der Waals surface area contributed by atoms with Gasteiger partial charge in [-0.2, -0.15) is 0 Å². The van der Waals surface area contributed by atoms with Crippen molar-refractivity contribution in [2.24, 2.45) is 11.6 Å². The lowest BCUT2D eigenvalue weighted by atomic mass is 10.1. The minimum Gasteiger partial charge on any atom is -0.508 e. The summed E-state index contributed by atoms with van der Waals surface area (Å²) in [6.45, 7) is 1.59. The summed E-state index contributed by atoms with van der Waals surface area (Å²) >= 11 is 0. The summed E-state index contributed by atoms with van der Waals surface area (Å²) in [6, 6.07) is 13.2. The Labute approximate surface area is 173 Å². The molecule has 0 aliphatic carbocycles. The Morgan fingerprint density at radius 3 is 2.50 bits per heavy atom. The molecule has 0 radical (unpaired) electrons. The lowest BCUT2D eigenvalue weighted by Crippen LogP contribution is -2.28. The van der Waals surface area contributed by atoms with Crippen LogP contribution in [0, 0.1) is 0 Å². The molecule has 1 saturated heterocycles. The number of likely N-dealkylation sites (tertiary alicyclic amines) is 1. The van der Waals surface area contributed by atoms with Gasteiger partial charge >= 0.3 is 0 Å². The molecule has 2 heterocycles. The molecule has 1 aliphatic heterocycles. The first-order chi connectivity index (χ1) is 14.4. The van der Waals surface area contributed by atoms with Crippen LogP contribution in [-0.4, -0.2) is 34.0 Å². The number of aromatic amines is 1. The van der Waals surface area contributed by atoms with E-state index in [4.69, 9.17) is 11.6 Å². The zero-order chi connectivity index (χ0) is 21.3. The van der Waals surface area contributed by atoms with Crippen LogP contribution in [0.2, 0.25) is 0 Å². The van der Waals surface area contributed by atoms with Crippen molar-refractivity contribution in [1.82, 2.24) is 9.88 Å². The molecule has 1 aliphatic rings. The highest BCUT2D eigenvalue weighted by Gasteiger charge is 2.19. The Morgan fingerprint density at radius 1 is 1.10 bits per heavy atom. The van der Waals surface area contributed by atoms with Crippen molar-refractivity contribution < 1.29 is 9.90 Å². The van der Waals surface area contributed by atoms with Crippen molar-refractivity contribution in [2.45, 2.75) is 12.8 Å². The number of pyridine rings is 1. The molecule has 1 fully saturated rings. The molecule has 0 spiro atoms. The van der Waals surface area contributed by atoms with Crippen molar-refractivity contribution in [2.75, 3.05) is 18.1 Å². The van der Waals surface area contributed by atoms with Gasteiger partial charge in [0.05, 0.1) is 16.9 Å². The monoisotopic (exact) mass is 405 g/mol. The van der Waals surface area contributed by atoms with Crippen molar-refractivity contribution in [3.05, 3.63) is 76.2 Å². The van der Waals surface area contributed by atoms with Gasteiger partial charge in [-0.3, -0.25) is 14.6 Å². The topological polar surface area (TPSA) is 129 Å². The van der Waals surface area contributed by atoms with Gasteiger partial charge in [0.25, 0.3) is 11.5 Å². The molecule has 8 heteroatoms. The third-order valence-electron chi connectivity index (χ3n) is 5.22. The number of anilines is 1. The Bertz CT molecular complexity index is 1180. The Balaban J connectivity index is 1.57. The average Bonchev–Trinajstić information content (AvgIpc) is 3.28. The number of aromatic nitrogens is 1. The normalized spacial score (nSPS) is 14.3. The second-order valence-electron chi connectivity index (χ2n) is 7.32. The number of carbonyl (C=O) groups is 1. The summed E-state index contributed by atoms with van der Waals surface area (Å²) in [6.07, 6.45) is 3.52. The van der Waals surface area contributed by atoms with E-state index in [1.807, 2.05) is 4.90 Å². The summed E-state index contributed by atoms with van der Waals surface area (Å²) in [5.74, 6) is 6.20. The zero-order valence-electron chi connectivity index (χ0n) is 16.3. The summed E-state index contributed by atoms with van der Waals surface area (Å²) in [5, 5.41) is 11.6. The van der Waals surface area contributed by atoms with Crippen LogP contribution in [0.4, 0.5) is 5.69 Å². The molecule has 1 aromatic heterocycles. The van der Waals surface area contributed by atoms with E-state index in [0.29, 0.717) is 22.2 Å². The molecule has 0 bridgehead atoms. The number of benzene rings is 2. The standard InChI is InChI=1S/C22H23N5O3/c23-19(18-12-15-11-17(28)7-8-20(15)25-21(18)29)13-27(24)16-5-3-14(4-6-16)22(30)26-9-1-2-10-26/h3-8,11-13,28H,1-2,9-10,23-24H2,(H,25,29)/b19-13-. The molecule has 6 N–H and O–H groups in total. The third-order valence-corrected chi connectivity index (χ3v) is 5.22. The molecule has 4 rings (SSSR count). The van der Waals surface area contributed by atoms with Crippen LogP contribution in [0.1, 0.15) is 28.8 Å². The molecule has 30 heavy (non-hydrogen) atoms. The number of amides is 1. The van der Waals surface area contributed by atoms with Crippen LogP contribution < -0.4 is 22.1 Å². The summed E-state index contributed by atoms with van der Waals surface area (Å²) in [4.78, 5) is 29.4. The van der Waals surface area contributed by atoms with Crippen LogP contribution in [0.3, 0.4) is 0 Å². The van der Waals surface area contributed by atoms with Gasteiger partial charge in [0.15, 0.2) is 0 Å². The highest BCUT2D eigenvalue weighted by Crippen LogP contribution is 2.21. The van der Waals surface area contributed by atoms with Gasteiger partial charge in [0, 0.05) is 35.8 Å². The maximum atomic E-state index is 12.5. The SMILES string of the molecule is N/C(=C\N(N)c1ccc(C(=O)N2CCCC2)cc1)c1cc2cc(O)ccc2[nH]c1=O. The molecule has 154 valence electrons. The van der Waals surface area contributed by atoms with Gasteiger partial charge in [-0.05, 0) is 61.4 Å².